The smallest absolute Gasteiger partial charge is 0.225 e. The Hall–Kier alpha value is -1.58. The highest BCUT2D eigenvalue weighted by atomic mass is 19.1. The molecular formula is C12H13FN2O. The maximum atomic E-state index is 12.7. The SMILES string of the molecule is O=C1CC2(CCF)CNc3cccc(c32)N1. The average molecular weight is 220 g/mol. The minimum Gasteiger partial charge on any atom is -0.384 e. The molecule has 0 radical (unpaired) electrons. The molecule has 16 heavy (non-hydrogen) atoms. The fraction of sp³-hybridized carbons (Fsp3) is 0.417. The molecule has 2 aliphatic rings. The second-order valence-electron chi connectivity index (χ2n) is 4.53. The zero-order chi connectivity index (χ0) is 11.2. The van der Waals surface area contributed by atoms with Crippen molar-refractivity contribution in [2.24, 2.45) is 0 Å². The number of carbonyl (C=O) groups is 1. The number of amides is 1. The molecule has 0 spiro atoms. The number of hydrogen-bond donors (Lipinski definition) is 2. The van der Waals surface area contributed by atoms with Crippen molar-refractivity contribution in [1.29, 1.82) is 0 Å². The summed E-state index contributed by atoms with van der Waals surface area (Å²) in [7, 11) is 0. The van der Waals surface area contributed by atoms with Crippen LogP contribution >= 0.6 is 0 Å². The van der Waals surface area contributed by atoms with Crippen molar-refractivity contribution < 1.29 is 9.18 Å². The number of nitrogens with one attached hydrogen (secondary N) is 2. The molecule has 3 nitrogen and oxygen atoms in total. The summed E-state index contributed by atoms with van der Waals surface area (Å²) in [4.78, 5) is 11.6. The van der Waals surface area contributed by atoms with Crippen LogP contribution in [0.3, 0.4) is 0 Å². The van der Waals surface area contributed by atoms with Gasteiger partial charge in [-0.1, -0.05) is 6.07 Å². The summed E-state index contributed by atoms with van der Waals surface area (Å²) in [6, 6.07) is 5.77. The van der Waals surface area contributed by atoms with Crippen LogP contribution in [0.1, 0.15) is 18.4 Å². The number of carbonyl (C=O) groups excluding carboxylic acids is 1. The fourth-order valence-electron chi connectivity index (χ4n) is 2.86. The quantitative estimate of drug-likeness (QED) is 0.801. The lowest BCUT2D eigenvalue weighted by Gasteiger charge is -2.33. The Kier molecular flexibility index (Phi) is 1.93. The fourth-order valence-corrected chi connectivity index (χ4v) is 2.86. The highest BCUT2D eigenvalue weighted by molar-refractivity contribution is 5.98. The number of halogens is 1. The number of benzene rings is 1. The number of alkyl halides is 1. The van der Waals surface area contributed by atoms with Crippen LogP contribution in [0.5, 0.6) is 0 Å². The molecule has 1 aromatic carbocycles. The summed E-state index contributed by atoms with van der Waals surface area (Å²) in [5.41, 5.74) is 2.63. The van der Waals surface area contributed by atoms with Crippen molar-refractivity contribution in [3.63, 3.8) is 0 Å². The Morgan fingerprint density at radius 3 is 3.00 bits per heavy atom. The molecule has 1 unspecified atom stereocenters. The van der Waals surface area contributed by atoms with Gasteiger partial charge in [-0.3, -0.25) is 9.18 Å². The van der Waals surface area contributed by atoms with Gasteiger partial charge in [0, 0.05) is 35.3 Å². The van der Waals surface area contributed by atoms with Gasteiger partial charge in [0.1, 0.15) is 0 Å². The van der Waals surface area contributed by atoms with Gasteiger partial charge in [0.05, 0.1) is 6.67 Å². The van der Waals surface area contributed by atoms with Crippen LogP contribution in [-0.4, -0.2) is 19.1 Å². The first kappa shape index (κ1) is 9.63. The molecule has 0 saturated heterocycles. The van der Waals surface area contributed by atoms with Crippen LogP contribution < -0.4 is 10.6 Å². The third-order valence-corrected chi connectivity index (χ3v) is 3.56. The third-order valence-electron chi connectivity index (χ3n) is 3.56. The van der Waals surface area contributed by atoms with Gasteiger partial charge in [-0.15, -0.1) is 0 Å². The van der Waals surface area contributed by atoms with Crippen LogP contribution in [0, 0.1) is 0 Å². The number of rotatable bonds is 2. The van der Waals surface area contributed by atoms with Gasteiger partial charge in [-0.05, 0) is 18.6 Å². The van der Waals surface area contributed by atoms with Crippen LogP contribution in [0.25, 0.3) is 0 Å². The first-order valence-corrected chi connectivity index (χ1v) is 5.48. The summed E-state index contributed by atoms with van der Waals surface area (Å²) in [5, 5.41) is 6.12. The Balaban J connectivity index is 2.18. The Morgan fingerprint density at radius 2 is 2.19 bits per heavy atom. The molecular weight excluding hydrogens is 207 g/mol. The van der Waals surface area contributed by atoms with Gasteiger partial charge in [-0.25, -0.2) is 0 Å². The van der Waals surface area contributed by atoms with E-state index in [1.165, 1.54) is 0 Å². The van der Waals surface area contributed by atoms with Crippen LogP contribution in [-0.2, 0) is 10.2 Å². The minimum absolute atomic E-state index is 0.0122. The molecule has 84 valence electrons. The van der Waals surface area contributed by atoms with E-state index in [1.807, 2.05) is 18.2 Å². The molecule has 0 bridgehead atoms. The van der Waals surface area contributed by atoms with Crippen molar-refractivity contribution >= 4 is 17.3 Å². The van der Waals surface area contributed by atoms with E-state index in [4.69, 9.17) is 0 Å². The highest BCUT2D eigenvalue weighted by Gasteiger charge is 2.45. The van der Waals surface area contributed by atoms with Gasteiger partial charge >= 0.3 is 0 Å². The summed E-state index contributed by atoms with van der Waals surface area (Å²) in [6.07, 6.45) is 0.797. The van der Waals surface area contributed by atoms with E-state index < -0.39 is 0 Å². The van der Waals surface area contributed by atoms with Gasteiger partial charge < -0.3 is 10.6 Å². The van der Waals surface area contributed by atoms with Crippen molar-refractivity contribution in [1.82, 2.24) is 0 Å². The molecule has 2 heterocycles. The summed E-state index contributed by atoms with van der Waals surface area (Å²) < 4.78 is 12.7. The molecule has 0 aliphatic carbocycles. The van der Waals surface area contributed by atoms with Gasteiger partial charge in [0.15, 0.2) is 0 Å². The number of hydrogen-bond acceptors (Lipinski definition) is 2. The van der Waals surface area contributed by atoms with Crippen molar-refractivity contribution in [2.75, 3.05) is 23.9 Å². The molecule has 1 aromatic rings. The van der Waals surface area contributed by atoms with E-state index in [1.54, 1.807) is 0 Å². The molecule has 2 N–H and O–H groups in total. The minimum atomic E-state index is -0.386. The summed E-state index contributed by atoms with van der Waals surface area (Å²) in [5.74, 6) is -0.0122. The van der Waals surface area contributed by atoms with E-state index in [0.717, 1.165) is 16.9 Å². The average Bonchev–Trinajstić information content (AvgIpc) is 2.59. The van der Waals surface area contributed by atoms with E-state index in [0.29, 0.717) is 19.4 Å². The standard InChI is InChI=1S/C12H13FN2O/c13-5-4-12-6-10(16)15-9-3-1-2-8(11(9)12)14-7-12/h1-3,14H,4-7H2,(H,15,16). The Labute approximate surface area is 93.0 Å². The molecule has 2 aliphatic heterocycles. The molecule has 1 atom stereocenters. The largest absolute Gasteiger partial charge is 0.384 e. The van der Waals surface area contributed by atoms with E-state index >= 15 is 0 Å². The Bertz CT molecular complexity index is 456. The predicted molar refractivity (Wildman–Crippen MR) is 60.4 cm³/mol. The second kappa shape index (κ2) is 3.20. The van der Waals surface area contributed by atoms with Crippen LogP contribution in [0.4, 0.5) is 15.8 Å². The number of anilines is 2. The zero-order valence-corrected chi connectivity index (χ0v) is 8.85. The molecule has 3 rings (SSSR count). The van der Waals surface area contributed by atoms with Crippen molar-refractivity contribution in [3.8, 4) is 0 Å². The van der Waals surface area contributed by atoms with E-state index in [2.05, 4.69) is 10.6 Å². The monoisotopic (exact) mass is 220 g/mol. The first-order valence-electron chi connectivity index (χ1n) is 5.48. The maximum Gasteiger partial charge on any atom is 0.225 e. The topological polar surface area (TPSA) is 41.1 Å². The lowest BCUT2D eigenvalue weighted by molar-refractivity contribution is -0.117. The molecule has 0 fully saturated rings. The van der Waals surface area contributed by atoms with Gasteiger partial charge in [0.2, 0.25) is 5.91 Å². The second-order valence-corrected chi connectivity index (χ2v) is 4.53. The van der Waals surface area contributed by atoms with Crippen molar-refractivity contribution in [3.05, 3.63) is 23.8 Å². The first-order chi connectivity index (χ1) is 7.75. The zero-order valence-electron chi connectivity index (χ0n) is 8.85. The Morgan fingerprint density at radius 1 is 1.38 bits per heavy atom. The van der Waals surface area contributed by atoms with E-state index in [-0.39, 0.29) is 18.0 Å². The van der Waals surface area contributed by atoms with Gasteiger partial charge in [-0.2, -0.15) is 0 Å². The third kappa shape index (κ3) is 1.16. The maximum absolute atomic E-state index is 12.7. The van der Waals surface area contributed by atoms with Crippen molar-refractivity contribution in [2.45, 2.75) is 18.3 Å². The molecule has 0 saturated carbocycles. The molecule has 0 aromatic heterocycles. The van der Waals surface area contributed by atoms with Crippen LogP contribution in [0.15, 0.2) is 18.2 Å². The lowest BCUT2D eigenvalue weighted by atomic mass is 9.74. The van der Waals surface area contributed by atoms with Gasteiger partial charge in [0.25, 0.3) is 0 Å². The van der Waals surface area contributed by atoms with Crippen LogP contribution in [0.2, 0.25) is 0 Å². The molecule has 4 heteroatoms. The normalized spacial score (nSPS) is 25.9. The summed E-state index contributed by atoms with van der Waals surface area (Å²) >= 11 is 0. The molecule has 1 amide bonds. The lowest BCUT2D eigenvalue weighted by Crippen LogP contribution is -2.38. The highest BCUT2D eigenvalue weighted by Crippen LogP contribution is 2.48. The predicted octanol–water partition coefficient (Wildman–Crippen LogP) is 2.05. The van der Waals surface area contributed by atoms with E-state index in [9.17, 15) is 9.18 Å². The summed E-state index contributed by atoms with van der Waals surface area (Å²) in [6.45, 7) is 0.277.